The third kappa shape index (κ3) is 2.04. The minimum Gasteiger partial charge on any atom is -0.396 e. The first-order valence-electron chi connectivity index (χ1n) is 5.16. The van der Waals surface area contributed by atoms with Gasteiger partial charge in [0, 0.05) is 25.9 Å². The molecule has 14 heavy (non-hydrogen) atoms. The second-order valence-corrected chi connectivity index (χ2v) is 3.85. The van der Waals surface area contributed by atoms with Crippen molar-refractivity contribution in [1.29, 1.82) is 0 Å². The molecule has 76 valence electrons. The molecule has 0 unspecified atom stereocenters. The van der Waals surface area contributed by atoms with Gasteiger partial charge >= 0.3 is 0 Å². The maximum Gasteiger partial charge on any atom is 0.0552 e. The third-order valence-electron chi connectivity index (χ3n) is 2.79. The summed E-state index contributed by atoms with van der Waals surface area (Å²) in [5.74, 6) is 0.434. The lowest BCUT2D eigenvalue weighted by Gasteiger charge is -2.33. The highest BCUT2D eigenvalue weighted by Gasteiger charge is 2.19. The zero-order chi connectivity index (χ0) is 9.80. The van der Waals surface area contributed by atoms with Crippen LogP contribution in [-0.4, -0.2) is 29.8 Å². The molecule has 1 N–H and O–H groups in total. The molecule has 1 saturated heterocycles. The highest BCUT2D eigenvalue weighted by atomic mass is 16.3. The van der Waals surface area contributed by atoms with Crippen molar-refractivity contribution in [2.75, 3.05) is 24.6 Å². The van der Waals surface area contributed by atoms with Gasteiger partial charge in [-0.05, 0) is 30.9 Å². The number of aliphatic hydroxyl groups is 1. The van der Waals surface area contributed by atoms with Gasteiger partial charge in [-0.25, -0.2) is 0 Å². The second-order valence-electron chi connectivity index (χ2n) is 3.85. The van der Waals surface area contributed by atoms with E-state index in [0.29, 0.717) is 12.5 Å². The fourth-order valence-electron chi connectivity index (χ4n) is 1.99. The van der Waals surface area contributed by atoms with E-state index in [9.17, 15) is 0 Å². The third-order valence-corrected chi connectivity index (χ3v) is 2.79. The molecule has 2 heterocycles. The van der Waals surface area contributed by atoms with Gasteiger partial charge in [0.1, 0.15) is 0 Å². The summed E-state index contributed by atoms with van der Waals surface area (Å²) in [6.45, 7) is 2.35. The van der Waals surface area contributed by atoms with Crippen LogP contribution < -0.4 is 4.90 Å². The highest BCUT2D eigenvalue weighted by Crippen LogP contribution is 2.21. The summed E-state index contributed by atoms with van der Waals surface area (Å²) < 4.78 is 0. The van der Waals surface area contributed by atoms with E-state index in [4.69, 9.17) is 5.11 Å². The van der Waals surface area contributed by atoms with Crippen molar-refractivity contribution < 1.29 is 5.11 Å². The van der Waals surface area contributed by atoms with Crippen molar-refractivity contribution in [3.05, 3.63) is 24.5 Å². The Balaban J connectivity index is 2.04. The number of anilines is 1. The Labute approximate surface area is 84.4 Å². The topological polar surface area (TPSA) is 36.4 Å². The van der Waals surface area contributed by atoms with E-state index in [-0.39, 0.29) is 0 Å². The van der Waals surface area contributed by atoms with Gasteiger partial charge in [0.25, 0.3) is 0 Å². The van der Waals surface area contributed by atoms with Crippen LogP contribution in [0.1, 0.15) is 12.8 Å². The molecule has 0 amide bonds. The molecule has 1 atom stereocenters. The number of rotatable bonds is 2. The smallest absolute Gasteiger partial charge is 0.0552 e. The van der Waals surface area contributed by atoms with Crippen molar-refractivity contribution in [1.82, 2.24) is 4.98 Å². The maximum atomic E-state index is 9.11. The lowest BCUT2D eigenvalue weighted by atomic mass is 9.99. The van der Waals surface area contributed by atoms with Crippen LogP contribution in [-0.2, 0) is 0 Å². The fraction of sp³-hybridized carbons (Fsp3) is 0.545. The SMILES string of the molecule is OC[C@H]1CCCN(c2cccnc2)C1. The minimum atomic E-state index is 0.302. The van der Waals surface area contributed by atoms with Gasteiger partial charge in [-0.15, -0.1) is 0 Å². The van der Waals surface area contributed by atoms with Crippen LogP contribution in [0.15, 0.2) is 24.5 Å². The highest BCUT2D eigenvalue weighted by molar-refractivity contribution is 5.43. The van der Waals surface area contributed by atoms with E-state index < -0.39 is 0 Å². The predicted octanol–water partition coefficient (Wildman–Crippen LogP) is 1.29. The first-order valence-corrected chi connectivity index (χ1v) is 5.16. The summed E-state index contributed by atoms with van der Waals surface area (Å²) >= 11 is 0. The zero-order valence-electron chi connectivity index (χ0n) is 8.26. The van der Waals surface area contributed by atoms with Crippen LogP contribution in [0.25, 0.3) is 0 Å². The maximum absolute atomic E-state index is 9.11. The summed E-state index contributed by atoms with van der Waals surface area (Å²) in [5, 5.41) is 9.11. The van der Waals surface area contributed by atoms with Crippen molar-refractivity contribution in [3.8, 4) is 0 Å². The van der Waals surface area contributed by atoms with Crippen LogP contribution in [0.5, 0.6) is 0 Å². The van der Waals surface area contributed by atoms with Crippen LogP contribution in [0, 0.1) is 5.92 Å². The van der Waals surface area contributed by atoms with Crippen molar-refractivity contribution in [3.63, 3.8) is 0 Å². The van der Waals surface area contributed by atoms with Gasteiger partial charge in [-0.2, -0.15) is 0 Å². The van der Waals surface area contributed by atoms with Crippen LogP contribution in [0.3, 0.4) is 0 Å². The van der Waals surface area contributed by atoms with Crippen LogP contribution >= 0.6 is 0 Å². The summed E-state index contributed by atoms with van der Waals surface area (Å²) in [5.41, 5.74) is 1.17. The quantitative estimate of drug-likeness (QED) is 0.767. The summed E-state index contributed by atoms with van der Waals surface area (Å²) in [7, 11) is 0. The zero-order valence-corrected chi connectivity index (χ0v) is 8.26. The Morgan fingerprint density at radius 3 is 3.21 bits per heavy atom. The molecule has 1 aliphatic heterocycles. The molecular formula is C11H16N2O. The molecule has 1 aromatic heterocycles. The fourth-order valence-corrected chi connectivity index (χ4v) is 1.99. The monoisotopic (exact) mass is 192 g/mol. The second kappa shape index (κ2) is 4.42. The molecule has 3 nitrogen and oxygen atoms in total. The molecule has 0 spiro atoms. The first-order chi connectivity index (χ1) is 6.90. The Bertz CT molecular complexity index is 276. The van der Waals surface area contributed by atoms with Crippen molar-refractivity contribution in [2.24, 2.45) is 5.92 Å². The molecule has 0 aromatic carbocycles. The molecule has 0 aliphatic carbocycles. The largest absolute Gasteiger partial charge is 0.396 e. The number of piperidine rings is 1. The minimum absolute atomic E-state index is 0.302. The number of hydrogen-bond acceptors (Lipinski definition) is 3. The lowest BCUT2D eigenvalue weighted by molar-refractivity contribution is 0.208. The predicted molar refractivity (Wildman–Crippen MR) is 56.3 cm³/mol. The molecular weight excluding hydrogens is 176 g/mol. The standard InChI is InChI=1S/C11H16N2O/c14-9-10-3-2-6-13(8-10)11-4-1-5-12-7-11/h1,4-5,7,10,14H,2-3,6,8-9H2/t10-/m0/s1. The summed E-state index contributed by atoms with van der Waals surface area (Å²) in [4.78, 5) is 6.41. The van der Waals surface area contributed by atoms with E-state index in [2.05, 4.69) is 16.0 Å². The molecule has 0 radical (unpaired) electrons. The number of aromatic nitrogens is 1. The Hall–Kier alpha value is -1.09. The molecule has 1 fully saturated rings. The van der Waals surface area contributed by atoms with E-state index in [0.717, 1.165) is 19.5 Å². The van der Waals surface area contributed by atoms with Crippen LogP contribution in [0.4, 0.5) is 5.69 Å². The lowest BCUT2D eigenvalue weighted by Crippen LogP contribution is -2.36. The van der Waals surface area contributed by atoms with Gasteiger partial charge in [-0.1, -0.05) is 0 Å². The molecule has 1 aliphatic rings. The van der Waals surface area contributed by atoms with Gasteiger partial charge in [0.15, 0.2) is 0 Å². The Morgan fingerprint density at radius 1 is 1.57 bits per heavy atom. The van der Waals surface area contributed by atoms with Crippen molar-refractivity contribution >= 4 is 5.69 Å². The van der Waals surface area contributed by atoms with Gasteiger partial charge < -0.3 is 10.0 Å². The van der Waals surface area contributed by atoms with Gasteiger partial charge in [0.05, 0.1) is 11.9 Å². The number of nitrogens with zero attached hydrogens (tertiary/aromatic N) is 2. The van der Waals surface area contributed by atoms with E-state index in [1.54, 1.807) is 6.20 Å². The molecule has 0 bridgehead atoms. The van der Waals surface area contributed by atoms with Crippen molar-refractivity contribution in [2.45, 2.75) is 12.8 Å². The van der Waals surface area contributed by atoms with E-state index >= 15 is 0 Å². The van der Waals surface area contributed by atoms with E-state index in [1.165, 1.54) is 12.1 Å². The average molecular weight is 192 g/mol. The normalized spacial score (nSPS) is 22.4. The molecule has 1 aromatic rings. The molecule has 0 saturated carbocycles. The summed E-state index contributed by atoms with van der Waals surface area (Å²) in [6, 6.07) is 4.03. The summed E-state index contributed by atoms with van der Waals surface area (Å²) in [6.07, 6.45) is 5.99. The number of hydrogen-bond donors (Lipinski definition) is 1. The Kier molecular flexibility index (Phi) is 2.99. The number of pyridine rings is 1. The van der Waals surface area contributed by atoms with E-state index in [1.807, 2.05) is 12.3 Å². The van der Waals surface area contributed by atoms with Gasteiger partial charge in [0.2, 0.25) is 0 Å². The average Bonchev–Trinajstić information content (AvgIpc) is 2.30. The van der Waals surface area contributed by atoms with Crippen LogP contribution in [0.2, 0.25) is 0 Å². The number of aliphatic hydroxyl groups excluding tert-OH is 1. The first kappa shape index (κ1) is 9.46. The molecule has 3 heteroatoms. The Morgan fingerprint density at radius 2 is 2.50 bits per heavy atom. The van der Waals surface area contributed by atoms with Gasteiger partial charge in [-0.3, -0.25) is 4.98 Å². The molecule has 2 rings (SSSR count).